The summed E-state index contributed by atoms with van der Waals surface area (Å²) in [6, 6.07) is 4.36. The molecular formula is C10H15NS. The van der Waals surface area contributed by atoms with Gasteiger partial charge in [-0.15, -0.1) is 11.3 Å². The molecule has 2 atom stereocenters. The van der Waals surface area contributed by atoms with Crippen molar-refractivity contribution < 1.29 is 0 Å². The van der Waals surface area contributed by atoms with Gasteiger partial charge in [-0.1, -0.05) is 19.9 Å². The molecule has 0 amide bonds. The Kier molecular flexibility index (Phi) is 1.77. The van der Waals surface area contributed by atoms with E-state index in [1.165, 1.54) is 4.88 Å². The van der Waals surface area contributed by atoms with Crippen LogP contribution < -0.4 is 5.73 Å². The topological polar surface area (TPSA) is 26.0 Å². The molecule has 1 fully saturated rings. The number of nitrogens with two attached hydrogens (primary N) is 1. The minimum atomic E-state index is 0.444. The van der Waals surface area contributed by atoms with Crippen molar-refractivity contribution in [1.29, 1.82) is 0 Å². The summed E-state index contributed by atoms with van der Waals surface area (Å²) < 4.78 is 0. The van der Waals surface area contributed by atoms with Crippen molar-refractivity contribution in [2.24, 2.45) is 17.1 Å². The average Bonchev–Trinajstić information content (AvgIpc) is 2.50. The molecular weight excluding hydrogens is 166 g/mol. The zero-order valence-corrected chi connectivity index (χ0v) is 8.40. The lowest BCUT2D eigenvalue weighted by atomic mass is 10.1. The average molecular weight is 181 g/mol. The van der Waals surface area contributed by atoms with Crippen LogP contribution >= 0.6 is 11.3 Å². The van der Waals surface area contributed by atoms with E-state index in [1.54, 1.807) is 0 Å². The maximum atomic E-state index is 5.71. The number of thiophene rings is 1. The highest BCUT2D eigenvalue weighted by Crippen LogP contribution is 2.64. The van der Waals surface area contributed by atoms with Gasteiger partial charge < -0.3 is 5.73 Å². The molecule has 0 aliphatic heterocycles. The van der Waals surface area contributed by atoms with E-state index in [0.29, 0.717) is 11.3 Å². The summed E-state index contributed by atoms with van der Waals surface area (Å²) >= 11 is 1.86. The molecule has 1 aromatic rings. The molecule has 1 heterocycles. The first kappa shape index (κ1) is 8.27. The molecule has 2 heteroatoms. The second kappa shape index (κ2) is 2.57. The zero-order valence-electron chi connectivity index (χ0n) is 7.58. The lowest BCUT2D eigenvalue weighted by molar-refractivity contribution is 0.559. The van der Waals surface area contributed by atoms with Gasteiger partial charge in [0.1, 0.15) is 0 Å². The van der Waals surface area contributed by atoms with Crippen LogP contribution in [-0.4, -0.2) is 6.54 Å². The first-order valence-electron chi connectivity index (χ1n) is 4.41. The predicted octanol–water partition coefficient (Wildman–Crippen LogP) is 2.45. The Morgan fingerprint density at radius 2 is 2.33 bits per heavy atom. The first-order valence-corrected chi connectivity index (χ1v) is 5.29. The molecule has 1 saturated carbocycles. The van der Waals surface area contributed by atoms with Crippen molar-refractivity contribution in [2.45, 2.75) is 19.8 Å². The van der Waals surface area contributed by atoms with Crippen LogP contribution in [0.15, 0.2) is 17.5 Å². The normalized spacial score (nSPS) is 31.9. The minimum Gasteiger partial charge on any atom is -0.330 e. The third-order valence-electron chi connectivity index (χ3n) is 3.15. The van der Waals surface area contributed by atoms with E-state index >= 15 is 0 Å². The van der Waals surface area contributed by atoms with Crippen LogP contribution in [0, 0.1) is 11.3 Å². The van der Waals surface area contributed by atoms with Gasteiger partial charge in [-0.2, -0.15) is 0 Å². The first-order chi connectivity index (χ1) is 5.68. The van der Waals surface area contributed by atoms with Gasteiger partial charge >= 0.3 is 0 Å². The van der Waals surface area contributed by atoms with Gasteiger partial charge in [0.25, 0.3) is 0 Å². The van der Waals surface area contributed by atoms with Crippen molar-refractivity contribution in [3.63, 3.8) is 0 Å². The van der Waals surface area contributed by atoms with Crippen LogP contribution in [0.5, 0.6) is 0 Å². The van der Waals surface area contributed by atoms with Crippen molar-refractivity contribution in [3.8, 4) is 0 Å². The fourth-order valence-corrected chi connectivity index (χ4v) is 3.30. The van der Waals surface area contributed by atoms with Crippen molar-refractivity contribution in [1.82, 2.24) is 0 Å². The van der Waals surface area contributed by atoms with Crippen molar-refractivity contribution in [2.75, 3.05) is 6.54 Å². The third kappa shape index (κ3) is 1.02. The molecule has 0 radical (unpaired) electrons. The standard InChI is InChI=1S/C10H15NS/c1-10(2)7(6-11)9(10)8-4-3-5-12-8/h3-5,7,9H,6,11H2,1-2H3. The van der Waals surface area contributed by atoms with Crippen LogP contribution in [0.1, 0.15) is 24.6 Å². The Balaban J connectivity index is 2.19. The van der Waals surface area contributed by atoms with Crippen LogP contribution in [-0.2, 0) is 0 Å². The predicted molar refractivity (Wildman–Crippen MR) is 53.4 cm³/mol. The Morgan fingerprint density at radius 1 is 1.58 bits per heavy atom. The molecule has 0 aromatic carbocycles. The monoisotopic (exact) mass is 181 g/mol. The van der Waals surface area contributed by atoms with E-state index < -0.39 is 0 Å². The van der Waals surface area contributed by atoms with Crippen LogP contribution in [0.2, 0.25) is 0 Å². The summed E-state index contributed by atoms with van der Waals surface area (Å²) in [5.41, 5.74) is 6.15. The Bertz CT molecular complexity index is 263. The molecule has 1 nitrogen and oxygen atoms in total. The molecule has 0 spiro atoms. The second-order valence-corrected chi connectivity index (χ2v) is 5.14. The molecule has 66 valence electrons. The Hall–Kier alpha value is -0.340. The van der Waals surface area contributed by atoms with Gasteiger partial charge in [-0.05, 0) is 29.3 Å². The zero-order chi connectivity index (χ0) is 8.77. The molecule has 1 aromatic heterocycles. The smallest absolute Gasteiger partial charge is 0.00850 e. The lowest BCUT2D eigenvalue weighted by Gasteiger charge is -1.98. The van der Waals surface area contributed by atoms with E-state index in [9.17, 15) is 0 Å². The van der Waals surface area contributed by atoms with Gasteiger partial charge in [-0.3, -0.25) is 0 Å². The summed E-state index contributed by atoms with van der Waals surface area (Å²) in [6.07, 6.45) is 0. The van der Waals surface area contributed by atoms with E-state index in [-0.39, 0.29) is 0 Å². The number of hydrogen-bond donors (Lipinski definition) is 1. The number of rotatable bonds is 2. The maximum absolute atomic E-state index is 5.71. The fourth-order valence-electron chi connectivity index (χ4n) is 2.22. The van der Waals surface area contributed by atoms with Gasteiger partial charge in [0, 0.05) is 10.8 Å². The van der Waals surface area contributed by atoms with E-state index in [1.807, 2.05) is 11.3 Å². The van der Waals surface area contributed by atoms with Crippen LogP contribution in [0.25, 0.3) is 0 Å². The molecule has 1 aliphatic rings. The summed E-state index contributed by atoms with van der Waals surface area (Å²) in [6.45, 7) is 5.46. The quantitative estimate of drug-likeness (QED) is 0.745. The molecule has 12 heavy (non-hydrogen) atoms. The molecule has 2 rings (SSSR count). The molecule has 0 bridgehead atoms. The lowest BCUT2D eigenvalue weighted by Crippen LogP contribution is -2.05. The van der Waals surface area contributed by atoms with Crippen molar-refractivity contribution in [3.05, 3.63) is 22.4 Å². The largest absolute Gasteiger partial charge is 0.330 e. The summed E-state index contributed by atoms with van der Waals surface area (Å²) in [4.78, 5) is 1.51. The van der Waals surface area contributed by atoms with Crippen LogP contribution in [0.3, 0.4) is 0 Å². The van der Waals surface area contributed by atoms with Crippen molar-refractivity contribution >= 4 is 11.3 Å². The third-order valence-corrected chi connectivity index (χ3v) is 4.11. The molecule has 2 N–H and O–H groups in total. The van der Waals surface area contributed by atoms with Crippen LogP contribution in [0.4, 0.5) is 0 Å². The number of hydrogen-bond acceptors (Lipinski definition) is 2. The fraction of sp³-hybridized carbons (Fsp3) is 0.600. The minimum absolute atomic E-state index is 0.444. The highest BCUT2D eigenvalue weighted by atomic mass is 32.1. The van der Waals surface area contributed by atoms with Gasteiger partial charge in [0.2, 0.25) is 0 Å². The summed E-state index contributed by atoms with van der Waals surface area (Å²) in [7, 11) is 0. The highest BCUT2D eigenvalue weighted by molar-refractivity contribution is 7.10. The molecule has 0 saturated heterocycles. The Labute approximate surface area is 77.6 Å². The molecule has 1 aliphatic carbocycles. The van der Waals surface area contributed by atoms with E-state index in [4.69, 9.17) is 5.73 Å². The Morgan fingerprint density at radius 3 is 2.75 bits per heavy atom. The second-order valence-electron chi connectivity index (χ2n) is 4.16. The highest BCUT2D eigenvalue weighted by Gasteiger charge is 2.57. The van der Waals surface area contributed by atoms with Gasteiger partial charge in [0.15, 0.2) is 0 Å². The van der Waals surface area contributed by atoms with Gasteiger partial charge in [-0.25, -0.2) is 0 Å². The van der Waals surface area contributed by atoms with E-state index in [2.05, 4.69) is 31.4 Å². The SMILES string of the molecule is CC1(C)C(CN)C1c1cccs1. The maximum Gasteiger partial charge on any atom is 0.00850 e. The summed E-state index contributed by atoms with van der Waals surface area (Å²) in [5, 5.41) is 2.15. The molecule has 2 unspecified atom stereocenters. The van der Waals surface area contributed by atoms with E-state index in [0.717, 1.165) is 12.5 Å². The summed E-state index contributed by atoms with van der Waals surface area (Å²) in [5.74, 6) is 1.43. The van der Waals surface area contributed by atoms with Gasteiger partial charge in [0.05, 0.1) is 0 Å².